The van der Waals surface area contributed by atoms with Crippen molar-refractivity contribution in [3.8, 4) is 22.6 Å². The van der Waals surface area contributed by atoms with Crippen LogP contribution in [0.25, 0.3) is 11.1 Å². The first-order chi connectivity index (χ1) is 13.1. The largest absolute Gasteiger partial charge is 0.507 e. The van der Waals surface area contributed by atoms with Crippen LogP contribution in [-0.4, -0.2) is 34.4 Å². The van der Waals surface area contributed by atoms with Crippen molar-refractivity contribution in [3.05, 3.63) is 71.8 Å². The monoisotopic (exact) mass is 364 g/mol. The van der Waals surface area contributed by atoms with Gasteiger partial charge in [-0.15, -0.1) is 0 Å². The molecule has 0 aliphatic heterocycles. The Morgan fingerprint density at radius 3 is 2.63 bits per heavy atom. The fourth-order valence-electron chi connectivity index (χ4n) is 2.55. The number of aldehydes is 1. The normalized spacial score (nSPS) is 10.3. The van der Waals surface area contributed by atoms with E-state index in [4.69, 9.17) is 9.47 Å². The summed E-state index contributed by atoms with van der Waals surface area (Å²) in [4.78, 5) is 31.4. The van der Waals surface area contributed by atoms with E-state index >= 15 is 0 Å². The molecule has 0 spiro atoms. The second kappa shape index (κ2) is 8.09. The van der Waals surface area contributed by atoms with Gasteiger partial charge in [0.2, 0.25) is 0 Å². The van der Waals surface area contributed by atoms with E-state index in [1.165, 1.54) is 13.2 Å². The number of carbonyl (C=O) groups excluding carboxylic acids is 2. The molecule has 0 bridgehead atoms. The third-order valence-corrected chi connectivity index (χ3v) is 3.89. The zero-order valence-corrected chi connectivity index (χ0v) is 14.5. The van der Waals surface area contributed by atoms with Crippen molar-refractivity contribution < 1.29 is 24.2 Å². The molecule has 2 heterocycles. The molecule has 0 aliphatic rings. The third kappa shape index (κ3) is 3.92. The molecule has 2 aromatic heterocycles. The summed E-state index contributed by atoms with van der Waals surface area (Å²) in [6.45, 7) is -0.0210. The van der Waals surface area contributed by atoms with Crippen molar-refractivity contribution >= 4 is 12.3 Å². The Bertz CT molecular complexity index is 973. The Labute approximate surface area is 155 Å². The van der Waals surface area contributed by atoms with Gasteiger partial charge in [0, 0.05) is 18.0 Å². The van der Waals surface area contributed by atoms with Crippen LogP contribution in [0.4, 0.5) is 0 Å². The van der Waals surface area contributed by atoms with E-state index in [0.717, 1.165) is 11.1 Å². The standard InChI is InChI=1S/C20H16N2O5/c1-26-20(25)16-6-5-14(13-7-9-21-10-8-13)17(22-16)12-27-19-4-2-3-18(24)15(19)11-23/h2-11,24H,12H2,1H3. The Morgan fingerprint density at radius 1 is 1.15 bits per heavy atom. The second-order valence-corrected chi connectivity index (χ2v) is 5.51. The van der Waals surface area contributed by atoms with Gasteiger partial charge in [-0.1, -0.05) is 6.07 Å². The van der Waals surface area contributed by atoms with E-state index in [9.17, 15) is 14.7 Å². The van der Waals surface area contributed by atoms with Crippen molar-refractivity contribution in [1.29, 1.82) is 0 Å². The highest BCUT2D eigenvalue weighted by molar-refractivity contribution is 5.88. The van der Waals surface area contributed by atoms with Crippen molar-refractivity contribution in [2.24, 2.45) is 0 Å². The maximum absolute atomic E-state index is 11.8. The minimum absolute atomic E-state index is 0.0210. The summed E-state index contributed by atoms with van der Waals surface area (Å²) in [5.41, 5.74) is 2.26. The van der Waals surface area contributed by atoms with Gasteiger partial charge in [0.1, 0.15) is 23.8 Å². The molecular weight excluding hydrogens is 348 g/mol. The summed E-state index contributed by atoms with van der Waals surface area (Å²) in [5, 5.41) is 9.77. The Kier molecular flexibility index (Phi) is 5.41. The van der Waals surface area contributed by atoms with Crippen molar-refractivity contribution in [3.63, 3.8) is 0 Å². The number of aromatic hydroxyl groups is 1. The van der Waals surface area contributed by atoms with Gasteiger partial charge >= 0.3 is 5.97 Å². The van der Waals surface area contributed by atoms with Crippen LogP contribution in [0.3, 0.4) is 0 Å². The molecule has 0 amide bonds. The van der Waals surface area contributed by atoms with Gasteiger partial charge in [0.15, 0.2) is 6.29 Å². The first-order valence-corrected chi connectivity index (χ1v) is 8.02. The number of hydrogen-bond donors (Lipinski definition) is 1. The average molecular weight is 364 g/mol. The van der Waals surface area contributed by atoms with E-state index in [1.54, 1.807) is 36.7 Å². The number of hydrogen-bond acceptors (Lipinski definition) is 7. The Balaban J connectivity index is 1.98. The van der Waals surface area contributed by atoms with Crippen LogP contribution >= 0.6 is 0 Å². The van der Waals surface area contributed by atoms with Gasteiger partial charge in [-0.05, 0) is 42.0 Å². The highest BCUT2D eigenvalue weighted by Crippen LogP contribution is 2.28. The topological polar surface area (TPSA) is 98.6 Å². The molecule has 3 rings (SSSR count). The van der Waals surface area contributed by atoms with Crippen LogP contribution in [0.5, 0.6) is 11.5 Å². The molecule has 136 valence electrons. The molecule has 0 aliphatic carbocycles. The number of methoxy groups -OCH3 is 1. The molecule has 7 nitrogen and oxygen atoms in total. The van der Waals surface area contributed by atoms with Crippen LogP contribution in [0.15, 0.2) is 54.9 Å². The smallest absolute Gasteiger partial charge is 0.356 e. The lowest BCUT2D eigenvalue weighted by molar-refractivity contribution is 0.0593. The summed E-state index contributed by atoms with van der Waals surface area (Å²) in [6, 6.07) is 11.5. The third-order valence-electron chi connectivity index (χ3n) is 3.89. The molecule has 0 saturated carbocycles. The molecule has 0 saturated heterocycles. The first-order valence-electron chi connectivity index (χ1n) is 8.02. The van der Waals surface area contributed by atoms with E-state index < -0.39 is 5.97 Å². The highest BCUT2D eigenvalue weighted by atomic mass is 16.5. The van der Waals surface area contributed by atoms with E-state index in [1.807, 2.05) is 12.1 Å². The minimum atomic E-state index is -0.566. The lowest BCUT2D eigenvalue weighted by atomic mass is 10.0. The van der Waals surface area contributed by atoms with E-state index in [-0.39, 0.29) is 29.4 Å². The van der Waals surface area contributed by atoms with Crippen molar-refractivity contribution in [2.75, 3.05) is 7.11 Å². The fraction of sp³-hybridized carbons (Fsp3) is 0.100. The van der Waals surface area contributed by atoms with Crippen molar-refractivity contribution in [2.45, 2.75) is 6.61 Å². The van der Waals surface area contributed by atoms with E-state index in [2.05, 4.69) is 9.97 Å². The Hall–Kier alpha value is -3.74. The lowest BCUT2D eigenvalue weighted by Crippen LogP contribution is -2.09. The van der Waals surface area contributed by atoms with Crippen LogP contribution in [0.1, 0.15) is 26.5 Å². The number of pyridine rings is 2. The Morgan fingerprint density at radius 2 is 1.93 bits per heavy atom. The van der Waals surface area contributed by atoms with Crippen molar-refractivity contribution in [1.82, 2.24) is 9.97 Å². The van der Waals surface area contributed by atoms with Crippen LogP contribution in [0, 0.1) is 0 Å². The maximum Gasteiger partial charge on any atom is 0.356 e. The zero-order valence-electron chi connectivity index (χ0n) is 14.5. The van der Waals surface area contributed by atoms with Gasteiger partial charge in [-0.3, -0.25) is 9.78 Å². The number of carbonyl (C=O) groups is 2. The summed E-state index contributed by atoms with van der Waals surface area (Å²) < 4.78 is 10.4. The van der Waals surface area contributed by atoms with Gasteiger partial charge < -0.3 is 14.6 Å². The molecule has 0 unspecified atom stereocenters. The lowest BCUT2D eigenvalue weighted by Gasteiger charge is -2.13. The molecule has 0 radical (unpaired) electrons. The quantitative estimate of drug-likeness (QED) is 0.530. The number of ether oxygens (including phenoxy) is 2. The highest BCUT2D eigenvalue weighted by Gasteiger charge is 2.15. The SMILES string of the molecule is COC(=O)c1ccc(-c2ccncc2)c(COc2cccc(O)c2C=O)n1. The molecular formula is C20H16N2O5. The number of esters is 1. The molecule has 3 aromatic rings. The van der Waals surface area contributed by atoms with Crippen LogP contribution < -0.4 is 4.74 Å². The number of phenolic OH excluding ortho intramolecular Hbond substituents is 1. The first kappa shape index (κ1) is 18.1. The summed E-state index contributed by atoms with van der Waals surface area (Å²) >= 11 is 0. The van der Waals surface area contributed by atoms with Gasteiger partial charge in [0.25, 0.3) is 0 Å². The number of nitrogens with zero attached hydrogens (tertiary/aromatic N) is 2. The molecule has 1 N–H and O–H groups in total. The van der Waals surface area contributed by atoms with Crippen LogP contribution in [-0.2, 0) is 11.3 Å². The second-order valence-electron chi connectivity index (χ2n) is 5.51. The zero-order chi connectivity index (χ0) is 19.2. The van der Waals surface area contributed by atoms with Crippen LogP contribution in [0.2, 0.25) is 0 Å². The van der Waals surface area contributed by atoms with Gasteiger partial charge in [-0.2, -0.15) is 0 Å². The summed E-state index contributed by atoms with van der Waals surface area (Å²) in [5.74, 6) is -0.521. The predicted octanol–water partition coefficient (Wildman–Crippen LogP) is 3.03. The molecule has 7 heteroatoms. The fourth-order valence-corrected chi connectivity index (χ4v) is 2.55. The summed E-state index contributed by atoms with van der Waals surface area (Å²) in [6.07, 6.45) is 3.81. The van der Waals surface area contributed by atoms with Gasteiger partial charge in [0.05, 0.1) is 18.4 Å². The molecule has 1 aromatic carbocycles. The number of benzene rings is 1. The number of aromatic nitrogens is 2. The summed E-state index contributed by atoms with van der Waals surface area (Å²) in [7, 11) is 1.28. The molecule has 0 atom stereocenters. The molecule has 0 fully saturated rings. The molecule has 27 heavy (non-hydrogen) atoms. The average Bonchev–Trinajstić information content (AvgIpc) is 2.72. The maximum atomic E-state index is 11.8. The van der Waals surface area contributed by atoms with Gasteiger partial charge in [-0.25, -0.2) is 9.78 Å². The predicted molar refractivity (Wildman–Crippen MR) is 96.6 cm³/mol. The number of rotatable bonds is 6. The minimum Gasteiger partial charge on any atom is -0.507 e. The van der Waals surface area contributed by atoms with E-state index in [0.29, 0.717) is 12.0 Å². The number of phenols is 1.